The molecule has 2 N–H and O–H groups in total. The number of carbonyl (C=O) groups excluding carboxylic acids is 1. The summed E-state index contributed by atoms with van der Waals surface area (Å²) in [5.74, 6) is -0.546. The second-order valence-corrected chi connectivity index (χ2v) is 6.18. The first-order valence-corrected chi connectivity index (χ1v) is 7.63. The molecule has 1 aliphatic rings. The maximum absolute atomic E-state index is 12.3. The highest BCUT2D eigenvalue weighted by molar-refractivity contribution is 9.10. The first-order valence-electron chi connectivity index (χ1n) is 6.84. The maximum Gasteiger partial charge on any atom is 0.311 e. The van der Waals surface area contributed by atoms with E-state index in [-0.39, 0.29) is 12.5 Å². The van der Waals surface area contributed by atoms with Crippen LogP contribution in [0.15, 0.2) is 22.7 Å². The summed E-state index contributed by atoms with van der Waals surface area (Å²) in [6.45, 7) is 0.158. The molecule has 1 fully saturated rings. The molecule has 0 saturated heterocycles. The first-order chi connectivity index (χ1) is 9.98. The zero-order valence-electron chi connectivity index (χ0n) is 11.8. The van der Waals surface area contributed by atoms with Crippen LogP contribution < -0.4 is 10.1 Å². The van der Waals surface area contributed by atoms with Crippen LogP contribution in [0.2, 0.25) is 0 Å². The standard InChI is InChI=1S/C15H18BrNO4/c1-21-10-4-5-12(16)11(8-10)13(18)17-9-15(14(19)20)6-2-3-7-15/h4-5,8H,2-3,6-7,9H2,1H3,(H,17,18)(H,19,20). The molecule has 6 heteroatoms. The Hall–Kier alpha value is -1.56. The highest BCUT2D eigenvalue weighted by Crippen LogP contribution is 2.37. The molecule has 1 amide bonds. The third kappa shape index (κ3) is 3.37. The minimum atomic E-state index is -0.829. The van der Waals surface area contributed by atoms with Gasteiger partial charge in [-0.15, -0.1) is 0 Å². The summed E-state index contributed by atoms with van der Waals surface area (Å²) in [7, 11) is 1.53. The molecule has 114 valence electrons. The van der Waals surface area contributed by atoms with Crippen molar-refractivity contribution in [3.63, 3.8) is 0 Å². The molecule has 0 atom stereocenters. The van der Waals surface area contributed by atoms with Gasteiger partial charge in [0.1, 0.15) is 5.75 Å². The van der Waals surface area contributed by atoms with Crippen molar-refractivity contribution < 1.29 is 19.4 Å². The van der Waals surface area contributed by atoms with Crippen molar-refractivity contribution in [2.45, 2.75) is 25.7 Å². The minimum Gasteiger partial charge on any atom is -0.497 e. The van der Waals surface area contributed by atoms with Crippen molar-refractivity contribution in [3.8, 4) is 5.75 Å². The summed E-state index contributed by atoms with van der Waals surface area (Å²) in [5.41, 5.74) is -0.381. The van der Waals surface area contributed by atoms with E-state index in [1.807, 2.05) is 0 Å². The quantitative estimate of drug-likeness (QED) is 0.851. The largest absolute Gasteiger partial charge is 0.497 e. The third-order valence-corrected chi connectivity index (χ3v) is 4.71. The Kier molecular flexibility index (Phi) is 4.88. The zero-order chi connectivity index (χ0) is 15.5. The number of hydrogen-bond donors (Lipinski definition) is 2. The molecule has 0 heterocycles. The van der Waals surface area contributed by atoms with Crippen LogP contribution in [-0.4, -0.2) is 30.6 Å². The van der Waals surface area contributed by atoms with Gasteiger partial charge in [-0.1, -0.05) is 12.8 Å². The van der Waals surface area contributed by atoms with E-state index < -0.39 is 11.4 Å². The maximum atomic E-state index is 12.3. The highest BCUT2D eigenvalue weighted by atomic mass is 79.9. The molecule has 5 nitrogen and oxygen atoms in total. The van der Waals surface area contributed by atoms with Crippen molar-refractivity contribution in [1.82, 2.24) is 5.32 Å². The fourth-order valence-electron chi connectivity index (χ4n) is 2.67. The van der Waals surface area contributed by atoms with Crippen LogP contribution in [0, 0.1) is 5.41 Å². The van der Waals surface area contributed by atoms with Gasteiger partial charge in [0, 0.05) is 11.0 Å². The molecule has 0 unspecified atom stereocenters. The van der Waals surface area contributed by atoms with E-state index in [2.05, 4.69) is 21.2 Å². The Morgan fingerprint density at radius 1 is 1.38 bits per heavy atom. The van der Waals surface area contributed by atoms with Gasteiger partial charge in [-0.2, -0.15) is 0 Å². The number of rotatable bonds is 5. The normalized spacial score (nSPS) is 16.5. The topological polar surface area (TPSA) is 75.6 Å². The number of hydrogen-bond acceptors (Lipinski definition) is 3. The van der Waals surface area contributed by atoms with E-state index in [1.165, 1.54) is 7.11 Å². The average Bonchev–Trinajstić information content (AvgIpc) is 2.95. The van der Waals surface area contributed by atoms with E-state index >= 15 is 0 Å². The van der Waals surface area contributed by atoms with Crippen LogP contribution >= 0.6 is 15.9 Å². The third-order valence-electron chi connectivity index (χ3n) is 4.02. The van der Waals surface area contributed by atoms with Gasteiger partial charge < -0.3 is 15.2 Å². The first kappa shape index (κ1) is 15.8. The van der Waals surface area contributed by atoms with Crippen LogP contribution in [0.4, 0.5) is 0 Å². The number of ether oxygens (including phenoxy) is 1. The molecule has 0 bridgehead atoms. The Bertz CT molecular complexity index is 553. The zero-order valence-corrected chi connectivity index (χ0v) is 13.4. The molecule has 1 aliphatic carbocycles. The molecule has 1 saturated carbocycles. The molecule has 0 aromatic heterocycles. The Morgan fingerprint density at radius 2 is 2.05 bits per heavy atom. The second kappa shape index (κ2) is 6.47. The number of halogens is 1. The van der Waals surface area contributed by atoms with Crippen molar-refractivity contribution in [1.29, 1.82) is 0 Å². The van der Waals surface area contributed by atoms with Crippen LogP contribution in [-0.2, 0) is 4.79 Å². The number of benzene rings is 1. The average molecular weight is 356 g/mol. The van der Waals surface area contributed by atoms with E-state index in [0.717, 1.165) is 12.8 Å². The lowest BCUT2D eigenvalue weighted by Crippen LogP contribution is -2.41. The van der Waals surface area contributed by atoms with E-state index in [4.69, 9.17) is 4.74 Å². The lowest BCUT2D eigenvalue weighted by atomic mass is 9.86. The molecular weight excluding hydrogens is 338 g/mol. The van der Waals surface area contributed by atoms with Crippen molar-refractivity contribution in [2.75, 3.05) is 13.7 Å². The molecule has 1 aromatic carbocycles. The SMILES string of the molecule is COc1ccc(Br)c(C(=O)NCC2(C(=O)O)CCCC2)c1. The van der Waals surface area contributed by atoms with E-state index in [1.54, 1.807) is 18.2 Å². The molecule has 21 heavy (non-hydrogen) atoms. The summed E-state index contributed by atoms with van der Waals surface area (Å²) in [5, 5.41) is 12.2. The van der Waals surface area contributed by atoms with Gasteiger partial charge in [0.25, 0.3) is 5.91 Å². The van der Waals surface area contributed by atoms with Crippen molar-refractivity contribution in [2.24, 2.45) is 5.41 Å². The Balaban J connectivity index is 2.09. The van der Waals surface area contributed by atoms with Gasteiger partial charge in [-0.3, -0.25) is 9.59 Å². The van der Waals surface area contributed by atoms with E-state index in [9.17, 15) is 14.7 Å². The van der Waals surface area contributed by atoms with Gasteiger partial charge in [-0.25, -0.2) is 0 Å². The van der Waals surface area contributed by atoms with Crippen LogP contribution in [0.5, 0.6) is 5.75 Å². The van der Waals surface area contributed by atoms with Gasteiger partial charge in [-0.05, 0) is 47.0 Å². The van der Waals surface area contributed by atoms with Gasteiger partial charge in [0.15, 0.2) is 0 Å². The molecule has 1 aromatic rings. The summed E-state index contributed by atoms with van der Waals surface area (Å²) in [6, 6.07) is 5.11. The van der Waals surface area contributed by atoms with Gasteiger partial charge >= 0.3 is 5.97 Å². The fraction of sp³-hybridized carbons (Fsp3) is 0.467. The smallest absolute Gasteiger partial charge is 0.311 e. The van der Waals surface area contributed by atoms with Crippen molar-refractivity contribution in [3.05, 3.63) is 28.2 Å². The number of methoxy groups -OCH3 is 1. The molecule has 0 aliphatic heterocycles. The molecular formula is C15H18BrNO4. The predicted molar refractivity (Wildman–Crippen MR) is 81.6 cm³/mol. The minimum absolute atomic E-state index is 0.158. The van der Waals surface area contributed by atoms with Crippen molar-refractivity contribution >= 4 is 27.8 Å². The van der Waals surface area contributed by atoms with Crippen LogP contribution in [0.25, 0.3) is 0 Å². The Labute approximate surface area is 131 Å². The number of nitrogens with one attached hydrogen (secondary N) is 1. The van der Waals surface area contributed by atoms with E-state index in [0.29, 0.717) is 28.6 Å². The fourth-order valence-corrected chi connectivity index (χ4v) is 3.09. The lowest BCUT2D eigenvalue weighted by molar-refractivity contribution is -0.148. The number of aliphatic carboxylic acids is 1. The summed E-state index contributed by atoms with van der Waals surface area (Å²) in [6.07, 6.45) is 3.01. The Morgan fingerprint density at radius 3 is 2.62 bits per heavy atom. The molecule has 0 radical (unpaired) electrons. The second-order valence-electron chi connectivity index (χ2n) is 5.32. The molecule has 0 spiro atoms. The van der Waals surface area contributed by atoms with Gasteiger partial charge in [0.2, 0.25) is 0 Å². The number of carbonyl (C=O) groups is 2. The number of carboxylic acids is 1. The van der Waals surface area contributed by atoms with Crippen LogP contribution in [0.1, 0.15) is 36.0 Å². The highest BCUT2D eigenvalue weighted by Gasteiger charge is 2.41. The summed E-state index contributed by atoms with van der Waals surface area (Å²) in [4.78, 5) is 23.7. The summed E-state index contributed by atoms with van der Waals surface area (Å²) < 4.78 is 5.75. The monoisotopic (exact) mass is 355 g/mol. The number of carboxylic acid groups (broad SMARTS) is 1. The summed E-state index contributed by atoms with van der Waals surface area (Å²) >= 11 is 3.32. The van der Waals surface area contributed by atoms with Crippen LogP contribution in [0.3, 0.4) is 0 Å². The predicted octanol–water partition coefficient (Wildman–Crippen LogP) is 2.83. The van der Waals surface area contributed by atoms with Gasteiger partial charge in [0.05, 0.1) is 18.1 Å². The number of amides is 1. The lowest BCUT2D eigenvalue weighted by Gasteiger charge is -2.24. The molecule has 2 rings (SSSR count).